The Labute approximate surface area is 185 Å². The van der Waals surface area contributed by atoms with Crippen LogP contribution in [0.4, 0.5) is 25.4 Å². The van der Waals surface area contributed by atoms with Crippen LogP contribution in [0, 0.1) is 9.39 Å². The number of urea groups is 2. The number of rotatable bonds is 4. The van der Waals surface area contributed by atoms with Crippen molar-refractivity contribution in [2.24, 2.45) is 0 Å². The largest absolute Gasteiger partial charge is 0.453 e. The van der Waals surface area contributed by atoms with Gasteiger partial charge in [0.2, 0.25) is 0 Å². The molecule has 1 N–H and O–H groups in total. The van der Waals surface area contributed by atoms with Crippen LogP contribution >= 0.6 is 22.6 Å². The number of nitrogens with one attached hydrogen (secondary N) is 1. The predicted molar refractivity (Wildman–Crippen MR) is 118 cm³/mol. The monoisotopic (exact) mass is 518 g/mol. The van der Waals surface area contributed by atoms with E-state index >= 15 is 0 Å². The molecule has 1 aromatic heterocycles. The molecule has 0 radical (unpaired) electrons. The quantitative estimate of drug-likeness (QED) is 0.489. The third-order valence-corrected chi connectivity index (χ3v) is 5.27. The first-order valence-corrected chi connectivity index (χ1v) is 10.1. The van der Waals surface area contributed by atoms with Crippen LogP contribution in [-0.4, -0.2) is 35.0 Å². The molecule has 0 spiro atoms. The highest BCUT2D eigenvalue weighted by Crippen LogP contribution is 2.29. The molecule has 1 fully saturated rings. The molecule has 3 aromatic rings. The summed E-state index contributed by atoms with van der Waals surface area (Å²) in [6.45, 7) is 0.631. The van der Waals surface area contributed by atoms with E-state index in [1.807, 2.05) is 40.8 Å². The van der Waals surface area contributed by atoms with E-state index in [4.69, 9.17) is 4.74 Å². The zero-order valence-electron chi connectivity index (χ0n) is 15.6. The van der Waals surface area contributed by atoms with Crippen molar-refractivity contribution in [2.75, 3.05) is 23.3 Å². The van der Waals surface area contributed by atoms with Crippen molar-refractivity contribution >= 4 is 46.0 Å². The summed E-state index contributed by atoms with van der Waals surface area (Å²) in [6.07, 6.45) is 3.16. The Morgan fingerprint density at radius 2 is 1.90 bits per heavy atom. The molecule has 0 atom stereocenters. The third-order valence-electron chi connectivity index (χ3n) is 4.46. The van der Waals surface area contributed by atoms with Gasteiger partial charge in [-0.3, -0.25) is 9.88 Å². The predicted octanol–water partition coefficient (Wildman–Crippen LogP) is 5.09. The molecule has 30 heavy (non-hydrogen) atoms. The maximum absolute atomic E-state index is 14.5. The Morgan fingerprint density at radius 1 is 1.10 bits per heavy atom. The molecule has 9 heteroatoms. The number of nitrogens with zero attached hydrogens (tertiary/aromatic N) is 3. The Kier molecular flexibility index (Phi) is 5.79. The van der Waals surface area contributed by atoms with Crippen molar-refractivity contribution in [1.82, 2.24) is 9.88 Å². The Hall–Kier alpha value is -3.21. The number of imide groups is 1. The molecule has 1 aliphatic rings. The van der Waals surface area contributed by atoms with Gasteiger partial charge in [-0.05, 0) is 46.9 Å². The summed E-state index contributed by atoms with van der Waals surface area (Å²) >= 11 is 2.04. The minimum Gasteiger partial charge on any atom is -0.453 e. The summed E-state index contributed by atoms with van der Waals surface area (Å²) in [5.41, 5.74) is 0.941. The van der Waals surface area contributed by atoms with Gasteiger partial charge in [-0.2, -0.15) is 0 Å². The number of anilines is 2. The van der Waals surface area contributed by atoms with E-state index in [9.17, 15) is 14.0 Å². The number of benzene rings is 2. The summed E-state index contributed by atoms with van der Waals surface area (Å²) in [6, 6.07) is 13.8. The van der Waals surface area contributed by atoms with E-state index in [-0.39, 0.29) is 18.0 Å². The van der Waals surface area contributed by atoms with Crippen molar-refractivity contribution in [3.8, 4) is 11.5 Å². The maximum Gasteiger partial charge on any atom is 0.332 e. The summed E-state index contributed by atoms with van der Waals surface area (Å²) in [7, 11) is 0. The summed E-state index contributed by atoms with van der Waals surface area (Å²) < 4.78 is 20.8. The molecule has 1 aliphatic heterocycles. The van der Waals surface area contributed by atoms with Crippen molar-refractivity contribution in [2.45, 2.75) is 0 Å². The van der Waals surface area contributed by atoms with Gasteiger partial charge in [0, 0.05) is 42.4 Å². The highest BCUT2D eigenvalue weighted by Gasteiger charge is 2.34. The topological polar surface area (TPSA) is 74.8 Å². The number of para-hydroxylation sites is 1. The van der Waals surface area contributed by atoms with E-state index in [1.54, 1.807) is 30.6 Å². The van der Waals surface area contributed by atoms with Gasteiger partial charge in [0.1, 0.15) is 5.75 Å². The molecule has 4 rings (SSSR count). The fourth-order valence-electron chi connectivity index (χ4n) is 2.99. The standard InChI is InChI=1S/C21H16FIN4O3/c22-16-12-14(6-7-18(16)30-19-8-9-24-13-17(19)23)25-20(28)27-11-10-26(21(27)29)15-4-2-1-3-5-15/h1-9,12-13H,10-11H2,(H,25,28). The second-order valence-corrected chi connectivity index (χ2v) is 7.57. The van der Waals surface area contributed by atoms with Crippen LogP contribution < -0.4 is 15.0 Å². The Morgan fingerprint density at radius 3 is 2.63 bits per heavy atom. The minimum atomic E-state index is -0.640. The summed E-state index contributed by atoms with van der Waals surface area (Å²) in [4.78, 5) is 31.7. The van der Waals surface area contributed by atoms with Crippen LogP contribution in [0.1, 0.15) is 0 Å². The average Bonchev–Trinajstić information content (AvgIpc) is 3.13. The molecule has 1 saturated heterocycles. The van der Waals surface area contributed by atoms with Crippen LogP contribution in [0.15, 0.2) is 67.0 Å². The van der Waals surface area contributed by atoms with Crippen molar-refractivity contribution in [1.29, 1.82) is 0 Å². The van der Waals surface area contributed by atoms with Crippen LogP contribution in [0.5, 0.6) is 11.5 Å². The van der Waals surface area contributed by atoms with Gasteiger partial charge in [0.25, 0.3) is 0 Å². The van der Waals surface area contributed by atoms with Crippen molar-refractivity contribution in [3.63, 3.8) is 0 Å². The Bertz CT molecular complexity index is 1100. The molecule has 4 amide bonds. The molecule has 0 aliphatic carbocycles. The van der Waals surface area contributed by atoms with E-state index in [0.29, 0.717) is 12.3 Å². The minimum absolute atomic E-state index is 0.0182. The van der Waals surface area contributed by atoms with Crippen molar-refractivity contribution in [3.05, 3.63) is 76.4 Å². The SMILES string of the molecule is O=C(Nc1ccc(Oc2ccncc2I)c(F)c1)N1CCN(c2ccccc2)C1=O. The lowest BCUT2D eigenvalue weighted by molar-refractivity contribution is 0.209. The lowest BCUT2D eigenvalue weighted by atomic mass is 10.3. The first kappa shape index (κ1) is 20.1. The van der Waals surface area contributed by atoms with E-state index in [0.717, 1.165) is 20.2 Å². The van der Waals surface area contributed by atoms with Gasteiger partial charge in [-0.1, -0.05) is 18.2 Å². The zero-order chi connectivity index (χ0) is 21.1. The van der Waals surface area contributed by atoms with Gasteiger partial charge in [-0.25, -0.2) is 18.9 Å². The summed E-state index contributed by atoms with van der Waals surface area (Å²) in [5.74, 6) is -0.145. The third kappa shape index (κ3) is 4.20. The maximum atomic E-state index is 14.5. The number of halogens is 2. The number of ether oxygens (including phenoxy) is 1. The summed E-state index contributed by atoms with van der Waals surface area (Å²) in [5, 5.41) is 2.56. The van der Waals surface area contributed by atoms with Crippen LogP contribution in [-0.2, 0) is 0 Å². The first-order chi connectivity index (χ1) is 14.5. The fourth-order valence-corrected chi connectivity index (χ4v) is 3.44. The molecule has 152 valence electrons. The molecule has 2 aromatic carbocycles. The Balaban J connectivity index is 1.43. The molecule has 2 heterocycles. The zero-order valence-corrected chi connectivity index (χ0v) is 17.7. The van der Waals surface area contributed by atoms with Gasteiger partial charge < -0.3 is 10.1 Å². The van der Waals surface area contributed by atoms with Gasteiger partial charge in [0.15, 0.2) is 11.6 Å². The number of pyridine rings is 1. The number of amides is 4. The van der Waals surface area contributed by atoms with Gasteiger partial charge >= 0.3 is 12.1 Å². The molecular weight excluding hydrogens is 502 g/mol. The highest BCUT2D eigenvalue weighted by atomic mass is 127. The second-order valence-electron chi connectivity index (χ2n) is 6.40. The van der Waals surface area contributed by atoms with Crippen LogP contribution in [0.2, 0.25) is 0 Å². The lowest BCUT2D eigenvalue weighted by Gasteiger charge is -2.18. The fraction of sp³-hybridized carbons (Fsp3) is 0.0952. The van der Waals surface area contributed by atoms with Crippen LogP contribution in [0.25, 0.3) is 0 Å². The smallest absolute Gasteiger partial charge is 0.332 e. The second kappa shape index (κ2) is 8.66. The van der Waals surface area contributed by atoms with Crippen molar-refractivity contribution < 1.29 is 18.7 Å². The van der Waals surface area contributed by atoms with E-state index in [1.165, 1.54) is 17.0 Å². The number of hydrogen-bond donors (Lipinski definition) is 1. The van der Waals surface area contributed by atoms with Gasteiger partial charge in [-0.15, -0.1) is 0 Å². The number of aromatic nitrogens is 1. The van der Waals surface area contributed by atoms with E-state index in [2.05, 4.69) is 10.3 Å². The molecular formula is C21H16FIN4O3. The first-order valence-electron chi connectivity index (χ1n) is 9.05. The number of hydrogen-bond acceptors (Lipinski definition) is 4. The molecule has 0 bridgehead atoms. The number of carbonyl (C=O) groups is 2. The molecule has 0 unspecified atom stereocenters. The number of carbonyl (C=O) groups excluding carboxylic acids is 2. The average molecular weight is 518 g/mol. The molecule has 7 nitrogen and oxygen atoms in total. The highest BCUT2D eigenvalue weighted by molar-refractivity contribution is 14.1. The van der Waals surface area contributed by atoms with Crippen LogP contribution in [0.3, 0.4) is 0 Å². The molecule has 0 saturated carbocycles. The van der Waals surface area contributed by atoms with E-state index < -0.39 is 17.9 Å². The lowest BCUT2D eigenvalue weighted by Crippen LogP contribution is -2.39. The van der Waals surface area contributed by atoms with Gasteiger partial charge in [0.05, 0.1) is 10.1 Å². The normalized spacial score (nSPS) is 13.5.